The van der Waals surface area contributed by atoms with Crippen molar-refractivity contribution in [3.63, 3.8) is 0 Å². The Balaban J connectivity index is 1.75. The van der Waals surface area contributed by atoms with E-state index in [1.54, 1.807) is 23.1 Å². The Kier molecular flexibility index (Phi) is 5.27. The lowest BCUT2D eigenvalue weighted by atomic mass is 10.0. The van der Waals surface area contributed by atoms with Gasteiger partial charge in [0.05, 0.1) is 17.2 Å². The van der Waals surface area contributed by atoms with Crippen molar-refractivity contribution in [1.82, 2.24) is 4.90 Å². The number of hydrogen-bond acceptors (Lipinski definition) is 3. The molecule has 1 aliphatic heterocycles. The average molecular weight is 365 g/mol. The van der Waals surface area contributed by atoms with Crippen molar-refractivity contribution in [2.45, 2.75) is 32.1 Å². The fourth-order valence-electron chi connectivity index (χ4n) is 3.57. The van der Waals surface area contributed by atoms with Gasteiger partial charge in [0, 0.05) is 24.0 Å². The Morgan fingerprint density at radius 3 is 2.44 bits per heavy atom. The third-order valence-corrected chi connectivity index (χ3v) is 5.25. The van der Waals surface area contributed by atoms with Crippen LogP contribution in [0.2, 0.25) is 5.02 Å². The van der Waals surface area contributed by atoms with Crippen LogP contribution in [-0.2, 0) is 9.59 Å². The number of benzene rings is 1. The number of carboxylic acids is 1. The highest BCUT2D eigenvalue weighted by Gasteiger charge is 2.34. The van der Waals surface area contributed by atoms with Crippen LogP contribution in [0.4, 0.5) is 5.69 Å². The van der Waals surface area contributed by atoms with Gasteiger partial charge in [0.15, 0.2) is 0 Å². The zero-order chi connectivity index (χ0) is 18.0. The number of anilines is 1. The first-order valence-corrected chi connectivity index (χ1v) is 8.96. The molecular weight excluding hydrogens is 344 g/mol. The van der Waals surface area contributed by atoms with Gasteiger partial charge in [0.1, 0.15) is 0 Å². The maximum atomic E-state index is 12.7. The molecule has 0 spiro atoms. The van der Waals surface area contributed by atoms with E-state index in [9.17, 15) is 14.4 Å². The van der Waals surface area contributed by atoms with Crippen molar-refractivity contribution in [3.05, 3.63) is 28.8 Å². The summed E-state index contributed by atoms with van der Waals surface area (Å²) in [5.74, 6) is -2.03. The summed E-state index contributed by atoms with van der Waals surface area (Å²) in [6, 6.07) is 4.84. The molecule has 0 radical (unpaired) electrons. The molecule has 1 saturated carbocycles. The predicted molar refractivity (Wildman–Crippen MR) is 93.7 cm³/mol. The molecule has 2 amide bonds. The van der Waals surface area contributed by atoms with Gasteiger partial charge in [-0.15, -0.1) is 0 Å². The Labute approximate surface area is 151 Å². The van der Waals surface area contributed by atoms with Gasteiger partial charge in [-0.05, 0) is 50.3 Å². The number of nitrogens with one attached hydrogen (secondary N) is 1. The fraction of sp³-hybridized carbons (Fsp3) is 0.500. The lowest BCUT2D eigenvalue weighted by Crippen LogP contribution is -2.29. The van der Waals surface area contributed by atoms with Crippen molar-refractivity contribution in [1.29, 1.82) is 0 Å². The van der Waals surface area contributed by atoms with Gasteiger partial charge in [0.2, 0.25) is 5.91 Å². The maximum absolute atomic E-state index is 12.7. The SMILES string of the molecule is O=C(O)[C@@H]1CC[C@H](C(=O)Nc2ccc(Cl)cc2C(=O)N2CCCC2)C1. The first-order chi connectivity index (χ1) is 12.0. The smallest absolute Gasteiger partial charge is 0.306 e. The van der Waals surface area contributed by atoms with E-state index in [0.29, 0.717) is 48.6 Å². The molecule has 0 unspecified atom stereocenters. The third-order valence-electron chi connectivity index (χ3n) is 5.02. The minimum absolute atomic E-state index is 0.134. The molecule has 2 N–H and O–H groups in total. The number of rotatable bonds is 4. The average Bonchev–Trinajstić information content (AvgIpc) is 3.27. The van der Waals surface area contributed by atoms with Crippen LogP contribution >= 0.6 is 11.6 Å². The minimum Gasteiger partial charge on any atom is -0.481 e. The molecule has 1 aliphatic carbocycles. The standard InChI is InChI=1S/C18H21ClN2O4/c19-13-5-6-15(14(10-13)17(23)21-7-1-2-8-21)20-16(22)11-3-4-12(9-11)18(24)25/h5-6,10-12H,1-4,7-9H2,(H,20,22)(H,24,25)/t11-,12+/m0/s1. The number of carbonyl (C=O) groups excluding carboxylic acids is 2. The Morgan fingerprint density at radius 2 is 1.80 bits per heavy atom. The monoisotopic (exact) mass is 364 g/mol. The van der Waals surface area contributed by atoms with E-state index < -0.39 is 11.9 Å². The summed E-state index contributed by atoms with van der Waals surface area (Å²) < 4.78 is 0. The molecule has 134 valence electrons. The molecule has 6 nitrogen and oxygen atoms in total. The van der Waals surface area contributed by atoms with Gasteiger partial charge < -0.3 is 15.3 Å². The van der Waals surface area contributed by atoms with E-state index in [0.717, 1.165) is 12.8 Å². The Hall–Kier alpha value is -2.08. The number of amides is 2. The summed E-state index contributed by atoms with van der Waals surface area (Å²) in [6.45, 7) is 1.42. The van der Waals surface area contributed by atoms with E-state index in [1.165, 1.54) is 0 Å². The molecule has 2 aliphatic rings. The number of carboxylic acid groups (broad SMARTS) is 1. The summed E-state index contributed by atoms with van der Waals surface area (Å²) in [5, 5.41) is 12.3. The van der Waals surface area contributed by atoms with Gasteiger partial charge >= 0.3 is 5.97 Å². The molecular formula is C18H21ClN2O4. The van der Waals surface area contributed by atoms with Crippen LogP contribution in [0.15, 0.2) is 18.2 Å². The zero-order valence-corrected chi connectivity index (χ0v) is 14.6. The second kappa shape index (κ2) is 7.44. The first kappa shape index (κ1) is 17.7. The highest BCUT2D eigenvalue weighted by molar-refractivity contribution is 6.31. The molecule has 1 saturated heterocycles. The second-order valence-electron chi connectivity index (χ2n) is 6.72. The Morgan fingerprint density at radius 1 is 1.12 bits per heavy atom. The zero-order valence-electron chi connectivity index (χ0n) is 13.8. The number of likely N-dealkylation sites (tertiary alicyclic amines) is 1. The van der Waals surface area contributed by atoms with Crippen molar-refractivity contribution in [2.24, 2.45) is 11.8 Å². The highest BCUT2D eigenvalue weighted by Crippen LogP contribution is 2.32. The summed E-state index contributed by atoms with van der Waals surface area (Å²) in [7, 11) is 0. The second-order valence-corrected chi connectivity index (χ2v) is 7.16. The molecule has 0 aromatic heterocycles. The van der Waals surface area contributed by atoms with E-state index in [4.69, 9.17) is 16.7 Å². The number of aliphatic carboxylic acids is 1. The minimum atomic E-state index is -0.855. The molecule has 7 heteroatoms. The number of halogens is 1. The lowest BCUT2D eigenvalue weighted by molar-refractivity contribution is -0.141. The van der Waals surface area contributed by atoms with Gasteiger partial charge in [0.25, 0.3) is 5.91 Å². The van der Waals surface area contributed by atoms with Crippen molar-refractivity contribution >= 4 is 35.1 Å². The van der Waals surface area contributed by atoms with E-state index in [-0.39, 0.29) is 17.7 Å². The summed E-state index contributed by atoms with van der Waals surface area (Å²) in [6.07, 6.45) is 3.35. The first-order valence-electron chi connectivity index (χ1n) is 8.58. The van der Waals surface area contributed by atoms with Crippen LogP contribution in [-0.4, -0.2) is 40.9 Å². The summed E-state index contributed by atoms with van der Waals surface area (Å²) in [5.41, 5.74) is 0.820. The van der Waals surface area contributed by atoms with Crippen LogP contribution in [0.1, 0.15) is 42.5 Å². The predicted octanol–water partition coefficient (Wildman–Crippen LogP) is 3.02. The lowest BCUT2D eigenvalue weighted by Gasteiger charge is -2.19. The molecule has 1 aromatic rings. The van der Waals surface area contributed by atoms with Crippen molar-refractivity contribution < 1.29 is 19.5 Å². The maximum Gasteiger partial charge on any atom is 0.306 e. The number of carbonyl (C=O) groups is 3. The van der Waals surface area contributed by atoms with Gasteiger partial charge in [-0.3, -0.25) is 14.4 Å². The highest BCUT2D eigenvalue weighted by atomic mass is 35.5. The molecule has 1 aromatic carbocycles. The fourth-order valence-corrected chi connectivity index (χ4v) is 3.74. The van der Waals surface area contributed by atoms with Crippen LogP contribution < -0.4 is 5.32 Å². The number of nitrogens with zero attached hydrogens (tertiary/aromatic N) is 1. The van der Waals surface area contributed by atoms with E-state index in [2.05, 4.69) is 5.32 Å². The largest absolute Gasteiger partial charge is 0.481 e. The van der Waals surface area contributed by atoms with E-state index >= 15 is 0 Å². The molecule has 0 bridgehead atoms. The molecule has 2 fully saturated rings. The van der Waals surface area contributed by atoms with Crippen molar-refractivity contribution in [2.75, 3.05) is 18.4 Å². The van der Waals surface area contributed by atoms with Crippen LogP contribution in [0.5, 0.6) is 0 Å². The van der Waals surface area contributed by atoms with Crippen LogP contribution in [0.3, 0.4) is 0 Å². The third kappa shape index (κ3) is 3.95. The molecule has 3 rings (SSSR count). The normalized spacial score (nSPS) is 22.8. The topological polar surface area (TPSA) is 86.7 Å². The Bertz CT molecular complexity index is 700. The molecule has 2 atom stereocenters. The summed E-state index contributed by atoms with van der Waals surface area (Å²) in [4.78, 5) is 38.0. The van der Waals surface area contributed by atoms with Crippen LogP contribution in [0.25, 0.3) is 0 Å². The van der Waals surface area contributed by atoms with Gasteiger partial charge in [-0.2, -0.15) is 0 Å². The molecule has 1 heterocycles. The van der Waals surface area contributed by atoms with Crippen LogP contribution in [0, 0.1) is 11.8 Å². The van der Waals surface area contributed by atoms with E-state index in [1.807, 2.05) is 0 Å². The number of hydrogen-bond donors (Lipinski definition) is 2. The van der Waals surface area contributed by atoms with Gasteiger partial charge in [-0.1, -0.05) is 11.6 Å². The van der Waals surface area contributed by atoms with Crippen molar-refractivity contribution in [3.8, 4) is 0 Å². The summed E-state index contributed by atoms with van der Waals surface area (Å²) >= 11 is 6.04. The van der Waals surface area contributed by atoms with Gasteiger partial charge in [-0.25, -0.2) is 0 Å². The molecule has 25 heavy (non-hydrogen) atoms. The quantitative estimate of drug-likeness (QED) is 0.859.